The third kappa shape index (κ3) is 80.2. The molecular formula is C86H159NO8P+. The van der Waals surface area contributed by atoms with Crippen LogP contribution in [0.1, 0.15) is 399 Å². The Hall–Kier alpha value is -2.81. The van der Waals surface area contributed by atoms with E-state index in [9.17, 15) is 19.0 Å². The van der Waals surface area contributed by atoms with Crippen LogP contribution >= 0.6 is 7.82 Å². The van der Waals surface area contributed by atoms with Gasteiger partial charge in [0.2, 0.25) is 0 Å². The molecule has 0 aromatic rings. The van der Waals surface area contributed by atoms with Gasteiger partial charge in [0.15, 0.2) is 6.10 Å². The molecule has 0 saturated heterocycles. The van der Waals surface area contributed by atoms with Crippen LogP contribution in [0.3, 0.4) is 0 Å². The fourth-order valence-corrected chi connectivity index (χ4v) is 12.9. The van der Waals surface area contributed by atoms with Gasteiger partial charge in [-0.1, -0.05) is 381 Å². The molecule has 0 fully saturated rings. The molecule has 0 saturated carbocycles. The van der Waals surface area contributed by atoms with Crippen molar-refractivity contribution < 1.29 is 42.1 Å². The quantitative estimate of drug-likeness (QED) is 0.0211. The molecule has 0 aromatic carbocycles. The van der Waals surface area contributed by atoms with E-state index < -0.39 is 26.5 Å². The minimum Gasteiger partial charge on any atom is -0.462 e. The predicted molar refractivity (Wildman–Crippen MR) is 418 cm³/mol. The van der Waals surface area contributed by atoms with Gasteiger partial charge in [0, 0.05) is 12.8 Å². The fraction of sp³-hybridized carbons (Fsp3) is 0.814. The molecule has 0 rings (SSSR count). The van der Waals surface area contributed by atoms with Gasteiger partial charge in [-0.05, 0) is 89.9 Å². The lowest BCUT2D eigenvalue weighted by atomic mass is 10.0. The Bertz CT molecular complexity index is 1900. The number of phosphoric ester groups is 1. The number of rotatable bonds is 77. The van der Waals surface area contributed by atoms with Crippen LogP contribution in [0.4, 0.5) is 0 Å². The van der Waals surface area contributed by atoms with E-state index in [2.05, 4.69) is 98.9 Å². The molecule has 1 N–H and O–H groups in total. The molecule has 0 bridgehead atoms. The lowest BCUT2D eigenvalue weighted by Gasteiger charge is -2.24. The highest BCUT2D eigenvalue weighted by Gasteiger charge is 2.27. The van der Waals surface area contributed by atoms with E-state index in [-0.39, 0.29) is 25.6 Å². The first-order chi connectivity index (χ1) is 47.0. The second-order valence-corrected chi connectivity index (χ2v) is 30.6. The first kappa shape index (κ1) is 93.2. The van der Waals surface area contributed by atoms with E-state index in [1.807, 2.05) is 21.1 Å². The highest BCUT2D eigenvalue weighted by molar-refractivity contribution is 7.47. The number of unbranched alkanes of at least 4 members (excludes halogenated alkanes) is 49. The van der Waals surface area contributed by atoms with E-state index in [1.54, 1.807) is 0 Å². The van der Waals surface area contributed by atoms with Crippen LogP contribution in [0.25, 0.3) is 0 Å². The molecule has 10 heteroatoms. The van der Waals surface area contributed by atoms with Gasteiger partial charge in [-0.3, -0.25) is 18.6 Å². The molecule has 0 heterocycles. The zero-order chi connectivity index (χ0) is 69.7. The molecule has 0 radical (unpaired) electrons. The highest BCUT2D eigenvalue weighted by atomic mass is 31.2. The number of likely N-dealkylation sites (N-methyl/N-ethyl adjacent to an activating group) is 1. The van der Waals surface area contributed by atoms with E-state index >= 15 is 0 Å². The van der Waals surface area contributed by atoms with Crippen LogP contribution in [0.15, 0.2) is 85.1 Å². The lowest BCUT2D eigenvalue weighted by Crippen LogP contribution is -2.37. The van der Waals surface area contributed by atoms with Gasteiger partial charge in [0.05, 0.1) is 27.7 Å². The number of hydrogen-bond donors (Lipinski definition) is 1. The van der Waals surface area contributed by atoms with Crippen molar-refractivity contribution in [2.24, 2.45) is 0 Å². The summed E-state index contributed by atoms with van der Waals surface area (Å²) >= 11 is 0. The Labute approximate surface area is 596 Å². The number of ether oxygens (including phenoxy) is 2. The normalized spacial score (nSPS) is 13.4. The fourth-order valence-electron chi connectivity index (χ4n) is 12.1. The summed E-state index contributed by atoms with van der Waals surface area (Å²) in [5, 5.41) is 0. The summed E-state index contributed by atoms with van der Waals surface area (Å²) in [5.74, 6) is -0.775. The predicted octanol–water partition coefficient (Wildman–Crippen LogP) is 27.6. The van der Waals surface area contributed by atoms with E-state index in [4.69, 9.17) is 18.5 Å². The maximum Gasteiger partial charge on any atom is 0.472 e. The average Bonchev–Trinajstić information content (AvgIpc) is 1.98. The molecule has 0 aliphatic carbocycles. The molecule has 0 aliphatic heterocycles. The number of carbonyl (C=O) groups is 2. The largest absolute Gasteiger partial charge is 0.472 e. The number of nitrogens with zero attached hydrogens (tertiary/aromatic N) is 1. The number of esters is 2. The van der Waals surface area contributed by atoms with Gasteiger partial charge in [0.1, 0.15) is 19.8 Å². The van der Waals surface area contributed by atoms with Crippen LogP contribution in [-0.2, 0) is 32.7 Å². The molecule has 9 nitrogen and oxygen atoms in total. The molecule has 0 aliphatic rings. The van der Waals surface area contributed by atoms with Crippen molar-refractivity contribution in [3.8, 4) is 0 Å². The maximum absolute atomic E-state index is 12.9. The maximum atomic E-state index is 12.9. The summed E-state index contributed by atoms with van der Waals surface area (Å²) < 4.78 is 34.9. The zero-order valence-corrected chi connectivity index (χ0v) is 65.0. The van der Waals surface area contributed by atoms with Crippen molar-refractivity contribution in [2.45, 2.75) is 405 Å². The minimum atomic E-state index is -4.40. The highest BCUT2D eigenvalue weighted by Crippen LogP contribution is 2.43. The summed E-state index contributed by atoms with van der Waals surface area (Å²) in [6, 6.07) is 0. The van der Waals surface area contributed by atoms with Crippen molar-refractivity contribution in [3.05, 3.63) is 85.1 Å². The standard InChI is InChI=1S/C86H158NO8P/c1-6-8-10-12-14-16-18-20-22-24-26-28-30-32-34-36-38-40-41-42-43-44-45-47-49-51-53-55-57-59-61-63-65-67-69-71-73-75-77-79-86(89)95-84(83-94-96(90,91)93-81-80-87(3,4)5)82-92-85(88)78-76-74-72-70-68-66-64-62-60-58-56-54-52-50-48-46-39-37-35-33-31-29-27-25-23-21-19-17-15-13-11-9-7-2/h8,10,14,16,19-22,25-28,32,34,84H,6-7,9,11-13,15,17-18,23-24,29-31,33,35-83H2,1-5H3/p+1/b10-8-,16-14-,21-19-,22-20-,27-25-,28-26-,34-32-. The SMILES string of the molecule is CC/C=C\C/C=C\C/C=C\C/C=C\C/C=C\CCCCCCCCCCCCCCCCCCCCCCCCCC(=O)OC(COC(=O)CCCCCCCCCCCCCCCCCCCCCCC/C=C\C/C=C\CCCCCCC)COP(=O)(O)OCC[N+](C)(C)C. The first-order valence-electron chi connectivity index (χ1n) is 41.3. The van der Waals surface area contributed by atoms with Crippen LogP contribution in [0.2, 0.25) is 0 Å². The van der Waals surface area contributed by atoms with Crippen LogP contribution < -0.4 is 0 Å². The third-order valence-corrected chi connectivity index (χ3v) is 19.4. The van der Waals surface area contributed by atoms with Crippen molar-refractivity contribution in [1.29, 1.82) is 0 Å². The Morgan fingerprint density at radius 3 is 0.885 bits per heavy atom. The van der Waals surface area contributed by atoms with Gasteiger partial charge in [-0.2, -0.15) is 0 Å². The Morgan fingerprint density at radius 2 is 0.594 bits per heavy atom. The second-order valence-electron chi connectivity index (χ2n) is 29.1. The molecule has 0 aromatic heterocycles. The summed E-state index contributed by atoms with van der Waals surface area (Å²) in [5.41, 5.74) is 0. The smallest absolute Gasteiger partial charge is 0.462 e. The Kier molecular flexibility index (Phi) is 74.1. The minimum absolute atomic E-state index is 0.0331. The Morgan fingerprint density at radius 1 is 0.333 bits per heavy atom. The van der Waals surface area contributed by atoms with Gasteiger partial charge in [-0.15, -0.1) is 0 Å². The molecule has 96 heavy (non-hydrogen) atoms. The van der Waals surface area contributed by atoms with Crippen LogP contribution in [0, 0.1) is 0 Å². The van der Waals surface area contributed by atoms with Crippen molar-refractivity contribution in [1.82, 2.24) is 0 Å². The van der Waals surface area contributed by atoms with Gasteiger partial charge in [-0.25, -0.2) is 4.57 Å². The number of quaternary nitrogens is 1. The molecule has 560 valence electrons. The van der Waals surface area contributed by atoms with Gasteiger partial charge >= 0.3 is 19.8 Å². The third-order valence-electron chi connectivity index (χ3n) is 18.4. The van der Waals surface area contributed by atoms with Crippen molar-refractivity contribution >= 4 is 19.8 Å². The topological polar surface area (TPSA) is 108 Å². The van der Waals surface area contributed by atoms with Crippen molar-refractivity contribution in [3.63, 3.8) is 0 Å². The van der Waals surface area contributed by atoms with E-state index in [1.165, 1.54) is 295 Å². The summed E-state index contributed by atoms with van der Waals surface area (Å²) in [7, 11) is 1.50. The molecule has 0 amide bonds. The molecule has 2 unspecified atom stereocenters. The first-order valence-corrected chi connectivity index (χ1v) is 42.8. The summed E-state index contributed by atoms with van der Waals surface area (Å²) in [4.78, 5) is 36.0. The summed E-state index contributed by atoms with van der Waals surface area (Å²) in [6.07, 6.45) is 106. The molecular weight excluding hydrogens is 1210 g/mol. The van der Waals surface area contributed by atoms with E-state index in [0.717, 1.165) is 70.6 Å². The average molecular weight is 1370 g/mol. The lowest BCUT2D eigenvalue weighted by molar-refractivity contribution is -0.870. The Balaban J connectivity index is 3.90. The number of carbonyl (C=O) groups excluding carboxylic acids is 2. The van der Waals surface area contributed by atoms with Gasteiger partial charge < -0.3 is 18.9 Å². The van der Waals surface area contributed by atoms with Gasteiger partial charge in [0.25, 0.3) is 0 Å². The number of hydrogen-bond acceptors (Lipinski definition) is 7. The van der Waals surface area contributed by atoms with Crippen LogP contribution in [0.5, 0.6) is 0 Å². The number of phosphoric acid groups is 1. The summed E-state index contributed by atoms with van der Waals surface area (Å²) in [6.45, 7) is 4.37. The molecule has 2 atom stereocenters. The van der Waals surface area contributed by atoms with Crippen LogP contribution in [-0.4, -0.2) is 74.9 Å². The zero-order valence-electron chi connectivity index (χ0n) is 64.1. The second kappa shape index (κ2) is 76.4. The molecule has 0 spiro atoms. The number of allylic oxidation sites excluding steroid dienone is 14. The van der Waals surface area contributed by atoms with E-state index in [0.29, 0.717) is 23.9 Å². The monoisotopic (exact) mass is 1370 g/mol. The van der Waals surface area contributed by atoms with Crippen molar-refractivity contribution in [2.75, 3.05) is 47.5 Å².